The summed E-state index contributed by atoms with van der Waals surface area (Å²) in [5, 5.41) is 12.2. The largest absolute Gasteiger partial charge is 0.396 e. The third kappa shape index (κ3) is 2.38. The van der Waals surface area contributed by atoms with Crippen LogP contribution in [0.5, 0.6) is 0 Å². The minimum Gasteiger partial charge on any atom is -0.396 e. The van der Waals surface area contributed by atoms with Crippen LogP contribution < -0.4 is 5.32 Å². The van der Waals surface area contributed by atoms with E-state index in [0.717, 1.165) is 32.5 Å². The lowest BCUT2D eigenvalue weighted by atomic mass is 10.0. The van der Waals surface area contributed by atoms with Crippen LogP contribution in [0.15, 0.2) is 0 Å². The van der Waals surface area contributed by atoms with Gasteiger partial charge in [-0.2, -0.15) is 0 Å². The van der Waals surface area contributed by atoms with Crippen molar-refractivity contribution in [1.29, 1.82) is 0 Å². The summed E-state index contributed by atoms with van der Waals surface area (Å²) in [5.41, 5.74) is 0.255. The number of hydrogen-bond acceptors (Lipinski definition) is 3. The summed E-state index contributed by atoms with van der Waals surface area (Å²) in [6.45, 7) is 4.87. The summed E-state index contributed by atoms with van der Waals surface area (Å²) in [6.07, 6.45) is 4.12. The molecule has 1 heterocycles. The van der Waals surface area contributed by atoms with Crippen LogP contribution in [0.4, 0.5) is 0 Å². The Morgan fingerprint density at radius 3 is 2.88 bits per heavy atom. The van der Waals surface area contributed by atoms with Crippen molar-refractivity contribution >= 4 is 5.91 Å². The molecule has 0 aromatic carbocycles. The van der Waals surface area contributed by atoms with Crippen LogP contribution in [0.1, 0.15) is 32.6 Å². The summed E-state index contributed by atoms with van der Waals surface area (Å²) in [7, 11) is 0. The van der Waals surface area contributed by atoms with E-state index in [0.29, 0.717) is 0 Å². The van der Waals surface area contributed by atoms with Crippen LogP contribution in [0, 0.1) is 5.41 Å². The lowest BCUT2D eigenvalue weighted by molar-refractivity contribution is -0.130. The van der Waals surface area contributed by atoms with Crippen LogP contribution in [0.25, 0.3) is 0 Å². The van der Waals surface area contributed by atoms with Crippen molar-refractivity contribution in [3.8, 4) is 0 Å². The van der Waals surface area contributed by atoms with E-state index >= 15 is 0 Å². The Morgan fingerprint density at radius 1 is 1.56 bits per heavy atom. The van der Waals surface area contributed by atoms with E-state index in [1.54, 1.807) is 0 Å². The number of amides is 1. The van der Waals surface area contributed by atoms with E-state index in [4.69, 9.17) is 5.11 Å². The lowest BCUT2D eigenvalue weighted by Crippen LogP contribution is -2.40. The molecule has 1 atom stereocenters. The van der Waals surface area contributed by atoms with Gasteiger partial charge in [-0.15, -0.1) is 0 Å². The van der Waals surface area contributed by atoms with Crippen molar-refractivity contribution < 1.29 is 9.90 Å². The molecular weight excluding hydrogens is 204 g/mol. The van der Waals surface area contributed by atoms with Gasteiger partial charge in [-0.1, -0.05) is 6.92 Å². The first-order chi connectivity index (χ1) is 7.71. The van der Waals surface area contributed by atoms with Gasteiger partial charge >= 0.3 is 0 Å². The van der Waals surface area contributed by atoms with Crippen molar-refractivity contribution in [2.75, 3.05) is 26.2 Å². The summed E-state index contributed by atoms with van der Waals surface area (Å²) in [4.78, 5) is 14.0. The van der Waals surface area contributed by atoms with Gasteiger partial charge in [0, 0.05) is 19.7 Å². The Balaban J connectivity index is 1.85. The number of aliphatic hydroxyl groups excluding tert-OH is 1. The second kappa shape index (κ2) is 4.72. The van der Waals surface area contributed by atoms with Gasteiger partial charge in [-0.3, -0.25) is 4.79 Å². The molecule has 1 aliphatic carbocycles. The maximum Gasteiger partial charge on any atom is 0.239 e. The number of carbonyl (C=O) groups is 1. The minimum absolute atomic E-state index is 0.0370. The normalized spacial score (nSPS) is 27.5. The summed E-state index contributed by atoms with van der Waals surface area (Å²) in [5.74, 6) is 0.256. The smallest absolute Gasteiger partial charge is 0.239 e. The first-order valence-corrected chi connectivity index (χ1v) is 6.34. The predicted octanol–water partition coefficient (Wildman–Crippen LogP) is 0.359. The van der Waals surface area contributed by atoms with Crippen LogP contribution in [0.3, 0.4) is 0 Å². The number of rotatable bonds is 6. The van der Waals surface area contributed by atoms with Crippen molar-refractivity contribution in [2.45, 2.75) is 38.6 Å². The lowest BCUT2D eigenvalue weighted by Gasteiger charge is -2.23. The molecule has 16 heavy (non-hydrogen) atoms. The molecule has 4 heteroatoms. The second-order valence-corrected chi connectivity index (χ2v) is 5.13. The van der Waals surface area contributed by atoms with Gasteiger partial charge < -0.3 is 15.3 Å². The molecule has 2 fully saturated rings. The standard InChI is InChI=1S/C12H22N2O2/c1-2-13-10-3-7-14(11(10)16)9-12(4-5-12)6-8-15/h10,13,15H,2-9H2,1H3. The maximum atomic E-state index is 12.0. The van der Waals surface area contributed by atoms with Gasteiger partial charge in [0.15, 0.2) is 0 Å². The molecule has 92 valence electrons. The number of likely N-dealkylation sites (tertiary alicyclic amines) is 1. The fourth-order valence-corrected chi connectivity index (χ4v) is 2.64. The molecule has 0 radical (unpaired) electrons. The molecule has 1 amide bonds. The zero-order valence-corrected chi connectivity index (χ0v) is 10.0. The highest BCUT2D eigenvalue weighted by molar-refractivity contribution is 5.84. The fourth-order valence-electron chi connectivity index (χ4n) is 2.64. The van der Waals surface area contributed by atoms with Crippen molar-refractivity contribution in [2.24, 2.45) is 5.41 Å². The molecule has 0 spiro atoms. The third-order valence-electron chi connectivity index (χ3n) is 3.87. The van der Waals surface area contributed by atoms with Crippen molar-refractivity contribution in [3.05, 3.63) is 0 Å². The number of carbonyl (C=O) groups excluding carboxylic acids is 1. The van der Waals surface area contributed by atoms with Gasteiger partial charge in [-0.25, -0.2) is 0 Å². The molecule has 1 unspecified atom stereocenters. The van der Waals surface area contributed by atoms with E-state index in [1.165, 1.54) is 12.8 Å². The Morgan fingerprint density at radius 2 is 2.31 bits per heavy atom. The van der Waals surface area contributed by atoms with Crippen LogP contribution in [0.2, 0.25) is 0 Å². The van der Waals surface area contributed by atoms with Gasteiger partial charge in [-0.05, 0) is 37.6 Å². The highest BCUT2D eigenvalue weighted by atomic mass is 16.3. The first-order valence-electron chi connectivity index (χ1n) is 6.34. The molecule has 0 aromatic rings. The zero-order valence-electron chi connectivity index (χ0n) is 10.0. The fraction of sp³-hybridized carbons (Fsp3) is 0.917. The molecule has 2 aliphatic rings. The SMILES string of the molecule is CCNC1CCN(CC2(CCO)CC2)C1=O. The van der Waals surface area contributed by atoms with Gasteiger partial charge in [0.1, 0.15) is 0 Å². The van der Waals surface area contributed by atoms with Crippen molar-refractivity contribution in [1.82, 2.24) is 10.2 Å². The average molecular weight is 226 g/mol. The number of hydrogen-bond donors (Lipinski definition) is 2. The molecule has 2 N–H and O–H groups in total. The number of nitrogens with zero attached hydrogens (tertiary/aromatic N) is 1. The highest BCUT2D eigenvalue weighted by Crippen LogP contribution is 2.49. The molecule has 0 aromatic heterocycles. The Labute approximate surface area is 97.0 Å². The topological polar surface area (TPSA) is 52.6 Å². The first kappa shape index (κ1) is 11.9. The van der Waals surface area contributed by atoms with E-state index in [1.807, 2.05) is 11.8 Å². The van der Waals surface area contributed by atoms with E-state index in [9.17, 15) is 4.79 Å². The van der Waals surface area contributed by atoms with E-state index < -0.39 is 0 Å². The second-order valence-electron chi connectivity index (χ2n) is 5.13. The number of aliphatic hydroxyl groups is 1. The van der Waals surface area contributed by atoms with Gasteiger partial charge in [0.2, 0.25) is 5.91 Å². The van der Waals surface area contributed by atoms with Crippen molar-refractivity contribution in [3.63, 3.8) is 0 Å². The minimum atomic E-state index is 0.0370. The molecule has 4 nitrogen and oxygen atoms in total. The number of likely N-dealkylation sites (N-methyl/N-ethyl adjacent to an activating group) is 1. The van der Waals surface area contributed by atoms with Gasteiger partial charge in [0.25, 0.3) is 0 Å². The Hall–Kier alpha value is -0.610. The maximum absolute atomic E-state index is 12.0. The molecule has 1 aliphatic heterocycles. The van der Waals surface area contributed by atoms with Crippen LogP contribution in [-0.4, -0.2) is 48.2 Å². The third-order valence-corrected chi connectivity index (χ3v) is 3.87. The zero-order chi connectivity index (χ0) is 11.6. The Bertz CT molecular complexity index is 264. The monoisotopic (exact) mass is 226 g/mol. The predicted molar refractivity (Wildman–Crippen MR) is 62.0 cm³/mol. The quantitative estimate of drug-likeness (QED) is 0.687. The summed E-state index contributed by atoms with van der Waals surface area (Å²) >= 11 is 0. The molecule has 0 bridgehead atoms. The van der Waals surface area contributed by atoms with Gasteiger partial charge in [0.05, 0.1) is 6.04 Å². The highest BCUT2D eigenvalue weighted by Gasteiger charge is 2.45. The van der Waals surface area contributed by atoms with Crippen LogP contribution in [-0.2, 0) is 4.79 Å². The Kier molecular flexibility index (Phi) is 3.50. The number of nitrogens with one attached hydrogen (secondary N) is 1. The van der Waals surface area contributed by atoms with Crippen LogP contribution >= 0.6 is 0 Å². The van der Waals surface area contributed by atoms with E-state index in [-0.39, 0.29) is 24.0 Å². The summed E-state index contributed by atoms with van der Waals surface area (Å²) in [6, 6.07) is 0.0370. The molecular formula is C12H22N2O2. The summed E-state index contributed by atoms with van der Waals surface area (Å²) < 4.78 is 0. The van der Waals surface area contributed by atoms with E-state index in [2.05, 4.69) is 5.32 Å². The molecule has 1 saturated heterocycles. The average Bonchev–Trinajstić information content (AvgIpc) is 2.94. The molecule has 2 rings (SSSR count). The molecule has 1 saturated carbocycles.